The lowest BCUT2D eigenvalue weighted by molar-refractivity contribution is -0.137. The van der Waals surface area contributed by atoms with Gasteiger partial charge in [-0.05, 0) is 84.8 Å². The van der Waals surface area contributed by atoms with E-state index in [0.717, 1.165) is 50.6 Å². The summed E-state index contributed by atoms with van der Waals surface area (Å²) < 4.78 is 67.2. The summed E-state index contributed by atoms with van der Waals surface area (Å²) >= 11 is 0. The van der Waals surface area contributed by atoms with Gasteiger partial charge in [0.05, 0.1) is 10.5 Å². The van der Waals surface area contributed by atoms with Crippen LogP contribution in [-0.4, -0.2) is 24.3 Å². The molecule has 9 heteroatoms. The van der Waals surface area contributed by atoms with Crippen molar-refractivity contribution >= 4 is 20.9 Å². The molecule has 0 unspecified atom stereocenters. The summed E-state index contributed by atoms with van der Waals surface area (Å²) in [4.78, 5) is 15.4. The van der Waals surface area contributed by atoms with Gasteiger partial charge in [0.2, 0.25) is 10.0 Å². The highest BCUT2D eigenvalue weighted by molar-refractivity contribution is 7.89. The molecule has 0 atom stereocenters. The minimum absolute atomic E-state index is 0.0395. The van der Waals surface area contributed by atoms with Crippen molar-refractivity contribution in [1.29, 1.82) is 0 Å². The molecular formula is C27H25F3N2O3S. The van der Waals surface area contributed by atoms with E-state index in [9.17, 15) is 26.4 Å². The van der Waals surface area contributed by atoms with E-state index in [1.165, 1.54) is 0 Å². The van der Waals surface area contributed by atoms with Gasteiger partial charge in [0.1, 0.15) is 0 Å². The molecule has 0 spiro atoms. The number of hydrogen-bond donors (Lipinski definition) is 1. The molecule has 0 saturated heterocycles. The van der Waals surface area contributed by atoms with Gasteiger partial charge in [-0.15, -0.1) is 0 Å². The van der Waals surface area contributed by atoms with E-state index in [1.54, 1.807) is 6.07 Å². The molecule has 0 bridgehead atoms. The minimum Gasteiger partial charge on any atom is -0.322 e. The number of nitrogens with zero attached hydrogens (tertiary/aromatic N) is 1. The second-order valence-corrected chi connectivity index (χ2v) is 10.7. The average molecular weight is 515 g/mol. The number of alkyl halides is 3. The smallest absolute Gasteiger partial charge is 0.322 e. The standard InChI is InChI=1S/C27H25F3N2O3S/c1-18-14-21-16-22(26(33)31-25(21)15-19(18)2)17-32(13-12-20-6-4-3-5-7-20)36(34,35)24-10-8-23(9-11-24)27(28,29)30/h3-11,14-16H,12-13,17H2,1-2H3,(H,31,33). The zero-order valence-electron chi connectivity index (χ0n) is 19.8. The van der Waals surface area contributed by atoms with Crippen LogP contribution in [0.2, 0.25) is 0 Å². The first-order valence-corrected chi connectivity index (χ1v) is 12.7. The molecule has 0 saturated carbocycles. The first-order valence-electron chi connectivity index (χ1n) is 11.3. The van der Waals surface area contributed by atoms with Gasteiger partial charge in [-0.3, -0.25) is 4.79 Å². The molecule has 188 valence electrons. The molecular weight excluding hydrogens is 489 g/mol. The lowest BCUT2D eigenvalue weighted by Crippen LogP contribution is -2.34. The fraction of sp³-hybridized carbons (Fsp3) is 0.222. The Kier molecular flexibility index (Phi) is 7.06. The number of fused-ring (bicyclic) bond motifs is 1. The number of sulfonamides is 1. The maximum atomic E-state index is 13.5. The largest absolute Gasteiger partial charge is 0.416 e. The lowest BCUT2D eigenvalue weighted by atomic mass is 10.0. The summed E-state index contributed by atoms with van der Waals surface area (Å²) in [5.74, 6) is 0. The van der Waals surface area contributed by atoms with Crippen LogP contribution < -0.4 is 5.56 Å². The van der Waals surface area contributed by atoms with E-state index >= 15 is 0 Å². The van der Waals surface area contributed by atoms with E-state index in [1.807, 2.05) is 56.3 Å². The van der Waals surface area contributed by atoms with Crippen molar-refractivity contribution in [3.05, 3.63) is 111 Å². The normalized spacial score (nSPS) is 12.4. The van der Waals surface area contributed by atoms with Crippen LogP contribution in [0.5, 0.6) is 0 Å². The van der Waals surface area contributed by atoms with Crippen molar-refractivity contribution in [2.75, 3.05) is 6.54 Å². The average Bonchev–Trinajstić information content (AvgIpc) is 2.83. The fourth-order valence-corrected chi connectivity index (χ4v) is 5.40. The number of pyridine rings is 1. The first-order chi connectivity index (χ1) is 16.9. The van der Waals surface area contributed by atoms with Gasteiger partial charge >= 0.3 is 6.18 Å². The Morgan fingerprint density at radius 1 is 0.889 bits per heavy atom. The van der Waals surface area contributed by atoms with E-state index in [2.05, 4.69) is 4.98 Å². The molecule has 0 aliphatic heterocycles. The van der Waals surface area contributed by atoms with E-state index in [0.29, 0.717) is 11.9 Å². The third kappa shape index (κ3) is 5.52. The third-order valence-corrected chi connectivity index (χ3v) is 8.05. The predicted molar refractivity (Wildman–Crippen MR) is 133 cm³/mol. The van der Waals surface area contributed by atoms with Crippen molar-refractivity contribution in [2.45, 2.75) is 37.9 Å². The van der Waals surface area contributed by atoms with E-state index in [-0.39, 0.29) is 23.5 Å². The fourth-order valence-electron chi connectivity index (χ4n) is 3.98. The predicted octanol–water partition coefficient (Wildman–Crippen LogP) is 5.60. The van der Waals surface area contributed by atoms with Crippen LogP contribution in [-0.2, 0) is 29.2 Å². The molecule has 0 aliphatic rings. The molecule has 1 N–H and O–H groups in total. The second kappa shape index (κ2) is 9.91. The lowest BCUT2D eigenvalue weighted by Gasteiger charge is -2.23. The number of nitrogens with one attached hydrogen (secondary N) is 1. The van der Waals surface area contributed by atoms with Crippen LogP contribution in [0.1, 0.15) is 27.8 Å². The third-order valence-electron chi connectivity index (χ3n) is 6.19. The molecule has 1 aromatic heterocycles. The topological polar surface area (TPSA) is 70.2 Å². The number of benzene rings is 3. The molecule has 5 nitrogen and oxygen atoms in total. The van der Waals surface area contributed by atoms with Gasteiger partial charge < -0.3 is 4.98 Å². The molecule has 3 aromatic carbocycles. The highest BCUT2D eigenvalue weighted by Crippen LogP contribution is 2.30. The van der Waals surface area contributed by atoms with E-state index in [4.69, 9.17) is 0 Å². The second-order valence-electron chi connectivity index (χ2n) is 8.74. The molecule has 36 heavy (non-hydrogen) atoms. The summed E-state index contributed by atoms with van der Waals surface area (Å²) in [5.41, 5.74) is 2.47. The number of halogens is 3. The molecule has 4 rings (SSSR count). The van der Waals surface area contributed by atoms with Crippen molar-refractivity contribution < 1.29 is 21.6 Å². The Balaban J connectivity index is 1.72. The molecule has 1 heterocycles. The Labute approximate surface area is 207 Å². The molecule has 0 radical (unpaired) electrons. The number of aryl methyl sites for hydroxylation is 2. The van der Waals surface area contributed by atoms with Gasteiger partial charge in [0.25, 0.3) is 5.56 Å². The SMILES string of the molecule is Cc1cc2cc(CN(CCc3ccccc3)S(=O)(=O)c3ccc(C(F)(F)F)cc3)c(=O)[nH]c2cc1C. The van der Waals surface area contributed by atoms with Gasteiger partial charge in [-0.25, -0.2) is 8.42 Å². The van der Waals surface area contributed by atoms with Crippen LogP contribution in [0.3, 0.4) is 0 Å². The monoisotopic (exact) mass is 514 g/mol. The van der Waals surface area contributed by atoms with Gasteiger partial charge in [0.15, 0.2) is 0 Å². The number of H-pyrrole nitrogens is 1. The van der Waals surface area contributed by atoms with Gasteiger partial charge in [-0.2, -0.15) is 17.5 Å². The van der Waals surface area contributed by atoms with Crippen molar-refractivity contribution in [2.24, 2.45) is 0 Å². The highest BCUT2D eigenvalue weighted by Gasteiger charge is 2.32. The Hall–Kier alpha value is -3.43. The quantitative estimate of drug-likeness (QED) is 0.349. The molecule has 0 fully saturated rings. The van der Waals surface area contributed by atoms with Gasteiger partial charge in [-0.1, -0.05) is 30.3 Å². The maximum Gasteiger partial charge on any atom is 0.416 e. The first kappa shape index (κ1) is 25.7. The van der Waals surface area contributed by atoms with Crippen molar-refractivity contribution in [3.8, 4) is 0 Å². The van der Waals surface area contributed by atoms with Crippen LogP contribution in [0.15, 0.2) is 82.5 Å². The van der Waals surface area contributed by atoms with Crippen molar-refractivity contribution in [1.82, 2.24) is 9.29 Å². The summed E-state index contributed by atoms with van der Waals surface area (Å²) in [6.07, 6.45) is -4.21. The number of aromatic amines is 1. The number of aromatic nitrogens is 1. The van der Waals surface area contributed by atoms with Crippen LogP contribution in [0, 0.1) is 13.8 Å². The zero-order chi connectivity index (χ0) is 26.1. The maximum absolute atomic E-state index is 13.5. The van der Waals surface area contributed by atoms with Crippen molar-refractivity contribution in [3.63, 3.8) is 0 Å². The number of hydrogen-bond acceptors (Lipinski definition) is 3. The number of rotatable bonds is 7. The molecule has 4 aromatic rings. The minimum atomic E-state index is -4.58. The van der Waals surface area contributed by atoms with Crippen LogP contribution in [0.4, 0.5) is 13.2 Å². The van der Waals surface area contributed by atoms with Crippen LogP contribution >= 0.6 is 0 Å². The Bertz CT molecular complexity index is 1550. The highest BCUT2D eigenvalue weighted by atomic mass is 32.2. The Morgan fingerprint density at radius 3 is 2.17 bits per heavy atom. The van der Waals surface area contributed by atoms with E-state index < -0.39 is 27.3 Å². The summed E-state index contributed by atoms with van der Waals surface area (Å²) in [6.45, 7) is 3.69. The zero-order valence-corrected chi connectivity index (χ0v) is 20.6. The Morgan fingerprint density at radius 2 is 1.53 bits per heavy atom. The summed E-state index contributed by atoms with van der Waals surface area (Å²) in [5, 5.41) is 0.766. The summed E-state index contributed by atoms with van der Waals surface area (Å²) in [6, 6.07) is 18.1. The summed E-state index contributed by atoms with van der Waals surface area (Å²) in [7, 11) is -4.20. The molecule has 0 amide bonds. The van der Waals surface area contributed by atoms with Crippen LogP contribution in [0.25, 0.3) is 10.9 Å². The van der Waals surface area contributed by atoms with Gasteiger partial charge in [0, 0.05) is 24.2 Å². The molecule has 0 aliphatic carbocycles.